The molecule has 7 nitrogen and oxygen atoms in total. The van der Waals surface area contributed by atoms with E-state index in [4.69, 9.17) is 27.0 Å². The van der Waals surface area contributed by atoms with Crippen molar-refractivity contribution in [2.75, 3.05) is 18.6 Å². The van der Waals surface area contributed by atoms with E-state index in [0.29, 0.717) is 22.7 Å². The molecule has 2 aromatic rings. The molecule has 0 radical (unpaired) electrons. The fourth-order valence-electron chi connectivity index (χ4n) is 2.83. The molecule has 29 heavy (non-hydrogen) atoms. The second-order valence-corrected chi connectivity index (χ2v) is 6.54. The van der Waals surface area contributed by atoms with Crippen LogP contribution in [0.1, 0.15) is 11.1 Å². The number of nitriles is 1. The van der Waals surface area contributed by atoms with Crippen molar-refractivity contribution in [3.8, 4) is 17.6 Å². The summed E-state index contributed by atoms with van der Waals surface area (Å²) in [5, 5.41) is 11.2. The number of nitrogens with zero attached hydrogens (tertiary/aromatic N) is 2. The Morgan fingerprint density at radius 1 is 1.21 bits per heavy atom. The molecule has 0 spiro atoms. The number of benzene rings is 2. The Morgan fingerprint density at radius 2 is 2.00 bits per heavy atom. The number of anilines is 1. The molecule has 1 aliphatic rings. The minimum absolute atomic E-state index is 0.0283. The van der Waals surface area contributed by atoms with E-state index in [9.17, 15) is 9.59 Å². The Labute approximate surface area is 173 Å². The lowest BCUT2D eigenvalue weighted by atomic mass is 10.1. The summed E-state index contributed by atoms with van der Waals surface area (Å²) in [5.74, 6) is -0.330. The SMILES string of the molecule is COc1cc(C=C2C(=O)NC(=S)N(c3cccc(C)c3)C2=O)ccc1OCC#N. The highest BCUT2D eigenvalue weighted by Crippen LogP contribution is 2.30. The normalized spacial score (nSPS) is 15.1. The smallest absolute Gasteiger partial charge is 0.270 e. The maximum absolute atomic E-state index is 13.0. The predicted octanol–water partition coefficient (Wildman–Crippen LogP) is 2.74. The number of thiocarbonyl (C=S) groups is 1. The first kappa shape index (κ1) is 20.0. The van der Waals surface area contributed by atoms with E-state index in [1.807, 2.05) is 31.2 Å². The minimum atomic E-state index is -0.576. The molecule has 0 bridgehead atoms. The van der Waals surface area contributed by atoms with E-state index < -0.39 is 11.8 Å². The van der Waals surface area contributed by atoms with Crippen molar-refractivity contribution in [3.05, 3.63) is 59.2 Å². The highest BCUT2D eigenvalue weighted by Gasteiger charge is 2.34. The van der Waals surface area contributed by atoms with E-state index in [1.165, 1.54) is 18.1 Å². The lowest BCUT2D eigenvalue weighted by molar-refractivity contribution is -0.122. The topological polar surface area (TPSA) is 91.7 Å². The van der Waals surface area contributed by atoms with Crippen LogP contribution in [0.15, 0.2) is 48.0 Å². The van der Waals surface area contributed by atoms with Gasteiger partial charge in [-0.1, -0.05) is 18.2 Å². The zero-order valence-electron chi connectivity index (χ0n) is 15.8. The molecule has 1 aliphatic heterocycles. The second-order valence-electron chi connectivity index (χ2n) is 6.15. The van der Waals surface area contributed by atoms with Crippen LogP contribution in [0.25, 0.3) is 6.08 Å². The molecule has 0 saturated carbocycles. The van der Waals surface area contributed by atoms with Crippen molar-refractivity contribution in [2.24, 2.45) is 0 Å². The molecule has 0 aliphatic carbocycles. The van der Waals surface area contributed by atoms with Crippen LogP contribution in [0, 0.1) is 18.3 Å². The Balaban J connectivity index is 1.97. The monoisotopic (exact) mass is 407 g/mol. The Kier molecular flexibility index (Phi) is 5.90. The molecule has 0 unspecified atom stereocenters. The van der Waals surface area contributed by atoms with Gasteiger partial charge in [-0.3, -0.25) is 19.8 Å². The zero-order valence-corrected chi connectivity index (χ0v) is 16.6. The average Bonchev–Trinajstić information content (AvgIpc) is 2.69. The maximum Gasteiger partial charge on any atom is 0.270 e. The third kappa shape index (κ3) is 4.25. The van der Waals surface area contributed by atoms with Gasteiger partial charge in [-0.2, -0.15) is 5.26 Å². The molecule has 1 saturated heterocycles. The molecule has 1 fully saturated rings. The number of aryl methyl sites for hydroxylation is 1. The van der Waals surface area contributed by atoms with Crippen molar-refractivity contribution in [1.29, 1.82) is 5.26 Å². The summed E-state index contributed by atoms with van der Waals surface area (Å²) in [6, 6.07) is 14.0. The lowest BCUT2D eigenvalue weighted by Gasteiger charge is -2.29. The van der Waals surface area contributed by atoms with Gasteiger partial charge in [0.25, 0.3) is 11.8 Å². The van der Waals surface area contributed by atoms with E-state index in [1.54, 1.807) is 24.3 Å². The summed E-state index contributed by atoms with van der Waals surface area (Å²) < 4.78 is 10.6. The van der Waals surface area contributed by atoms with Gasteiger partial charge in [-0.25, -0.2) is 0 Å². The number of nitrogens with one attached hydrogen (secondary N) is 1. The fraction of sp³-hybridized carbons (Fsp3) is 0.143. The predicted molar refractivity (Wildman–Crippen MR) is 111 cm³/mol. The number of methoxy groups -OCH3 is 1. The molecule has 2 aromatic carbocycles. The third-order valence-corrected chi connectivity index (χ3v) is 4.44. The third-order valence-electron chi connectivity index (χ3n) is 4.15. The average molecular weight is 407 g/mol. The van der Waals surface area contributed by atoms with Crippen LogP contribution in [0.2, 0.25) is 0 Å². The van der Waals surface area contributed by atoms with Gasteiger partial charge in [0.2, 0.25) is 0 Å². The molecular weight excluding hydrogens is 390 g/mol. The second kappa shape index (κ2) is 8.54. The van der Waals surface area contributed by atoms with Gasteiger partial charge in [-0.05, 0) is 60.6 Å². The number of rotatable bonds is 5. The van der Waals surface area contributed by atoms with E-state index >= 15 is 0 Å². The largest absolute Gasteiger partial charge is 0.493 e. The molecule has 146 valence electrons. The van der Waals surface area contributed by atoms with Gasteiger partial charge in [0.05, 0.1) is 12.8 Å². The Bertz CT molecular complexity index is 1070. The summed E-state index contributed by atoms with van der Waals surface area (Å²) in [4.78, 5) is 26.8. The number of hydrogen-bond donors (Lipinski definition) is 1. The van der Waals surface area contributed by atoms with Gasteiger partial charge >= 0.3 is 0 Å². The fourth-order valence-corrected chi connectivity index (χ4v) is 3.11. The van der Waals surface area contributed by atoms with Crippen LogP contribution < -0.4 is 19.7 Å². The van der Waals surface area contributed by atoms with Crippen LogP contribution in [0.4, 0.5) is 5.69 Å². The van der Waals surface area contributed by atoms with Gasteiger partial charge in [0, 0.05) is 0 Å². The molecule has 3 rings (SSSR count). The lowest BCUT2D eigenvalue weighted by Crippen LogP contribution is -2.54. The first-order valence-electron chi connectivity index (χ1n) is 8.60. The summed E-state index contributed by atoms with van der Waals surface area (Å²) in [6.07, 6.45) is 1.46. The van der Waals surface area contributed by atoms with Gasteiger partial charge in [0.1, 0.15) is 11.6 Å². The Hall–Kier alpha value is -3.70. The summed E-state index contributed by atoms with van der Waals surface area (Å²) in [7, 11) is 1.46. The Morgan fingerprint density at radius 3 is 2.69 bits per heavy atom. The minimum Gasteiger partial charge on any atom is -0.493 e. The highest BCUT2D eigenvalue weighted by atomic mass is 32.1. The van der Waals surface area contributed by atoms with Crippen LogP contribution in [-0.4, -0.2) is 30.6 Å². The molecule has 2 amide bonds. The van der Waals surface area contributed by atoms with Crippen molar-refractivity contribution in [1.82, 2.24) is 5.32 Å². The number of ether oxygens (including phenoxy) is 2. The summed E-state index contributed by atoms with van der Waals surface area (Å²) in [5.41, 5.74) is 2.02. The van der Waals surface area contributed by atoms with Crippen molar-refractivity contribution in [2.45, 2.75) is 6.92 Å². The zero-order chi connectivity index (χ0) is 21.0. The van der Waals surface area contributed by atoms with Gasteiger partial charge < -0.3 is 9.47 Å². The molecule has 1 N–H and O–H groups in total. The molecule has 0 atom stereocenters. The summed E-state index contributed by atoms with van der Waals surface area (Å²) >= 11 is 5.20. The number of amides is 2. The van der Waals surface area contributed by atoms with Gasteiger partial charge in [0.15, 0.2) is 23.2 Å². The van der Waals surface area contributed by atoms with Crippen LogP contribution in [-0.2, 0) is 9.59 Å². The number of carbonyl (C=O) groups is 2. The van der Waals surface area contributed by atoms with Crippen molar-refractivity contribution in [3.63, 3.8) is 0 Å². The van der Waals surface area contributed by atoms with E-state index in [2.05, 4.69) is 5.32 Å². The van der Waals surface area contributed by atoms with Crippen molar-refractivity contribution < 1.29 is 19.1 Å². The van der Waals surface area contributed by atoms with Crippen LogP contribution in [0.5, 0.6) is 11.5 Å². The molecular formula is C21H17N3O4S. The number of carbonyl (C=O) groups excluding carboxylic acids is 2. The number of hydrogen-bond acceptors (Lipinski definition) is 6. The van der Waals surface area contributed by atoms with E-state index in [-0.39, 0.29) is 17.3 Å². The standard InChI is InChI=1S/C21H17N3O4S/c1-13-4-3-5-15(10-13)24-20(26)16(19(25)23-21(24)29)11-14-6-7-17(28-9-8-22)18(12-14)27-2/h3-7,10-12H,9H2,1-2H3,(H,23,25,29). The van der Waals surface area contributed by atoms with Crippen LogP contribution >= 0.6 is 12.2 Å². The summed E-state index contributed by atoms with van der Waals surface area (Å²) in [6.45, 7) is 1.78. The van der Waals surface area contributed by atoms with Crippen molar-refractivity contribution >= 4 is 40.9 Å². The molecule has 1 heterocycles. The van der Waals surface area contributed by atoms with Gasteiger partial charge in [-0.15, -0.1) is 0 Å². The first-order chi connectivity index (χ1) is 13.9. The quantitative estimate of drug-likeness (QED) is 0.466. The van der Waals surface area contributed by atoms with E-state index in [0.717, 1.165) is 5.56 Å². The first-order valence-corrected chi connectivity index (χ1v) is 9.01. The van der Waals surface area contributed by atoms with Crippen LogP contribution in [0.3, 0.4) is 0 Å². The molecule has 0 aromatic heterocycles. The molecule has 8 heteroatoms. The maximum atomic E-state index is 13.0. The highest BCUT2D eigenvalue weighted by molar-refractivity contribution is 7.80.